The Balaban J connectivity index is 1.67. The summed E-state index contributed by atoms with van der Waals surface area (Å²) in [5, 5.41) is 4.70. The van der Waals surface area contributed by atoms with Gasteiger partial charge in [0.15, 0.2) is 6.10 Å². The van der Waals surface area contributed by atoms with Gasteiger partial charge in [0.1, 0.15) is 12.4 Å². The van der Waals surface area contributed by atoms with Crippen LogP contribution in [0.5, 0.6) is 0 Å². The van der Waals surface area contributed by atoms with Crippen LogP contribution in [0, 0.1) is 5.82 Å². The van der Waals surface area contributed by atoms with Crippen LogP contribution in [0.25, 0.3) is 0 Å². The van der Waals surface area contributed by atoms with Gasteiger partial charge in [-0.2, -0.15) is 0 Å². The molecule has 0 aliphatic carbocycles. The normalized spacial score (nSPS) is 16.0. The molecule has 7 heteroatoms. The van der Waals surface area contributed by atoms with E-state index in [4.69, 9.17) is 21.2 Å². The summed E-state index contributed by atoms with van der Waals surface area (Å²) in [5.74, 6) is -0.456. The number of nitrogens with zero attached hydrogens (tertiary/aromatic N) is 2. The minimum Gasteiger partial charge on any atom is -0.390 e. The molecule has 0 spiro atoms. The van der Waals surface area contributed by atoms with E-state index in [1.54, 1.807) is 23.1 Å². The lowest BCUT2D eigenvalue weighted by atomic mass is 10.0. The summed E-state index contributed by atoms with van der Waals surface area (Å²) in [6, 6.07) is 13.5. The number of hydrogen-bond acceptors (Lipinski definition) is 4. The molecule has 142 valence electrons. The molecule has 0 radical (unpaired) electrons. The Hall–Kier alpha value is -2.44. The third kappa shape index (κ3) is 5.05. The van der Waals surface area contributed by atoms with Gasteiger partial charge in [-0.25, -0.2) is 4.39 Å². The lowest BCUT2D eigenvalue weighted by Crippen LogP contribution is -2.39. The number of halogens is 2. The minimum absolute atomic E-state index is 0.0250. The molecule has 0 unspecified atom stereocenters. The van der Waals surface area contributed by atoms with Crippen molar-refractivity contribution < 1.29 is 18.8 Å². The summed E-state index contributed by atoms with van der Waals surface area (Å²) in [6.45, 7) is 0.679. The molecule has 0 saturated heterocycles. The average Bonchev–Trinajstić information content (AvgIpc) is 3.12. The van der Waals surface area contributed by atoms with Gasteiger partial charge in [0, 0.05) is 25.1 Å². The second-order valence-electron chi connectivity index (χ2n) is 6.28. The molecular formula is C20H20ClFN2O3. The van der Waals surface area contributed by atoms with E-state index in [-0.39, 0.29) is 24.4 Å². The fraction of sp³-hybridized carbons (Fsp3) is 0.300. The standard InChI is InChI=1S/C20H20ClFN2O3/c1-26-13-20(25)24(11-15-4-2-3-5-18(15)21)12-17-10-19(23-27-17)14-6-8-16(22)9-7-14/h2-9,17H,10-13H2,1H3/t17-/m1/s1. The van der Waals surface area contributed by atoms with E-state index in [0.29, 0.717) is 24.5 Å². The van der Waals surface area contributed by atoms with Gasteiger partial charge in [-0.05, 0) is 29.3 Å². The van der Waals surface area contributed by atoms with Gasteiger partial charge in [0.2, 0.25) is 5.91 Å². The second kappa shape index (κ2) is 8.97. The molecule has 0 saturated carbocycles. The van der Waals surface area contributed by atoms with Crippen LogP contribution in [0.3, 0.4) is 0 Å². The predicted octanol–water partition coefficient (Wildman–Crippen LogP) is 3.65. The zero-order valence-corrected chi connectivity index (χ0v) is 15.7. The van der Waals surface area contributed by atoms with Crippen molar-refractivity contribution in [2.45, 2.75) is 19.1 Å². The lowest BCUT2D eigenvalue weighted by molar-refractivity contribution is -0.137. The Bertz CT molecular complexity index is 826. The Kier molecular flexibility index (Phi) is 6.42. The third-order valence-corrected chi connectivity index (χ3v) is 4.64. The molecule has 1 atom stereocenters. The number of carbonyl (C=O) groups is 1. The number of oxime groups is 1. The highest BCUT2D eigenvalue weighted by Gasteiger charge is 2.27. The van der Waals surface area contributed by atoms with Crippen molar-refractivity contribution in [2.24, 2.45) is 5.16 Å². The van der Waals surface area contributed by atoms with Gasteiger partial charge in [-0.15, -0.1) is 0 Å². The van der Waals surface area contributed by atoms with Crippen LogP contribution < -0.4 is 0 Å². The Labute approximate surface area is 162 Å². The highest BCUT2D eigenvalue weighted by Crippen LogP contribution is 2.21. The number of methoxy groups -OCH3 is 1. The van der Waals surface area contributed by atoms with Crippen LogP contribution in [-0.2, 0) is 20.9 Å². The molecule has 0 bridgehead atoms. The van der Waals surface area contributed by atoms with Crippen molar-refractivity contribution in [2.75, 3.05) is 20.3 Å². The molecule has 1 amide bonds. The first-order valence-corrected chi connectivity index (χ1v) is 8.93. The molecule has 0 aromatic heterocycles. The lowest BCUT2D eigenvalue weighted by Gasteiger charge is -2.25. The van der Waals surface area contributed by atoms with Crippen molar-refractivity contribution in [1.82, 2.24) is 4.90 Å². The molecule has 0 N–H and O–H groups in total. The largest absolute Gasteiger partial charge is 0.390 e. The van der Waals surface area contributed by atoms with Crippen LogP contribution >= 0.6 is 11.6 Å². The van der Waals surface area contributed by atoms with E-state index in [1.807, 2.05) is 18.2 Å². The summed E-state index contributed by atoms with van der Waals surface area (Å²) >= 11 is 6.23. The first-order chi connectivity index (χ1) is 13.1. The summed E-state index contributed by atoms with van der Waals surface area (Å²) in [7, 11) is 1.48. The molecule has 2 aromatic carbocycles. The van der Waals surface area contributed by atoms with Gasteiger partial charge >= 0.3 is 0 Å². The molecule has 3 rings (SSSR count). The summed E-state index contributed by atoms with van der Waals surface area (Å²) in [4.78, 5) is 19.6. The van der Waals surface area contributed by atoms with Crippen LogP contribution in [-0.4, -0.2) is 42.9 Å². The quantitative estimate of drug-likeness (QED) is 0.725. The van der Waals surface area contributed by atoms with Gasteiger partial charge < -0.3 is 14.5 Å². The maximum atomic E-state index is 13.1. The van der Waals surface area contributed by atoms with Crippen LogP contribution in [0.15, 0.2) is 53.7 Å². The van der Waals surface area contributed by atoms with E-state index in [0.717, 1.165) is 16.8 Å². The Morgan fingerprint density at radius 1 is 1.30 bits per heavy atom. The maximum absolute atomic E-state index is 13.1. The third-order valence-electron chi connectivity index (χ3n) is 4.27. The fourth-order valence-corrected chi connectivity index (χ4v) is 3.08. The van der Waals surface area contributed by atoms with Crippen molar-refractivity contribution >= 4 is 23.2 Å². The van der Waals surface area contributed by atoms with E-state index in [2.05, 4.69) is 5.16 Å². The average molecular weight is 391 g/mol. The van der Waals surface area contributed by atoms with Crippen LogP contribution in [0.1, 0.15) is 17.5 Å². The van der Waals surface area contributed by atoms with Crippen molar-refractivity contribution in [3.05, 3.63) is 70.5 Å². The SMILES string of the molecule is COCC(=O)N(Cc1ccccc1Cl)C[C@H]1CC(c2ccc(F)cc2)=NO1. The van der Waals surface area contributed by atoms with Crippen molar-refractivity contribution in [3.8, 4) is 0 Å². The van der Waals surface area contributed by atoms with E-state index >= 15 is 0 Å². The molecular weight excluding hydrogens is 371 g/mol. The number of benzene rings is 2. The highest BCUT2D eigenvalue weighted by atomic mass is 35.5. The molecule has 5 nitrogen and oxygen atoms in total. The fourth-order valence-electron chi connectivity index (χ4n) is 2.89. The first kappa shape index (κ1) is 19.3. The molecule has 2 aromatic rings. The van der Waals surface area contributed by atoms with E-state index in [9.17, 15) is 9.18 Å². The monoisotopic (exact) mass is 390 g/mol. The highest BCUT2D eigenvalue weighted by molar-refractivity contribution is 6.31. The minimum atomic E-state index is -0.300. The number of rotatable bonds is 7. The first-order valence-electron chi connectivity index (χ1n) is 8.55. The van der Waals surface area contributed by atoms with Gasteiger partial charge in [0.25, 0.3) is 0 Å². The number of carbonyl (C=O) groups excluding carboxylic acids is 1. The molecule has 1 heterocycles. The number of amides is 1. The molecule has 1 aliphatic heterocycles. The number of ether oxygens (including phenoxy) is 1. The van der Waals surface area contributed by atoms with Gasteiger partial charge in [-0.1, -0.05) is 47.1 Å². The van der Waals surface area contributed by atoms with Crippen LogP contribution in [0.2, 0.25) is 5.02 Å². The second-order valence-corrected chi connectivity index (χ2v) is 6.68. The van der Waals surface area contributed by atoms with Crippen molar-refractivity contribution in [1.29, 1.82) is 0 Å². The zero-order valence-electron chi connectivity index (χ0n) is 14.9. The Morgan fingerprint density at radius 2 is 2.04 bits per heavy atom. The summed E-state index contributed by atoms with van der Waals surface area (Å²) in [6.07, 6.45) is 0.249. The molecule has 27 heavy (non-hydrogen) atoms. The zero-order chi connectivity index (χ0) is 19.2. The summed E-state index contributed by atoms with van der Waals surface area (Å²) < 4.78 is 18.1. The Morgan fingerprint density at radius 3 is 2.74 bits per heavy atom. The molecule has 0 fully saturated rings. The topological polar surface area (TPSA) is 51.1 Å². The summed E-state index contributed by atoms with van der Waals surface area (Å²) in [5.41, 5.74) is 2.39. The van der Waals surface area contributed by atoms with Gasteiger partial charge in [-0.3, -0.25) is 4.79 Å². The number of hydrogen-bond donors (Lipinski definition) is 0. The predicted molar refractivity (Wildman–Crippen MR) is 101 cm³/mol. The molecule has 1 aliphatic rings. The van der Waals surface area contributed by atoms with Crippen LogP contribution in [0.4, 0.5) is 4.39 Å². The van der Waals surface area contributed by atoms with E-state index < -0.39 is 0 Å². The van der Waals surface area contributed by atoms with Gasteiger partial charge in [0.05, 0.1) is 12.3 Å². The van der Waals surface area contributed by atoms with Crippen molar-refractivity contribution in [3.63, 3.8) is 0 Å². The maximum Gasteiger partial charge on any atom is 0.248 e. The van der Waals surface area contributed by atoms with E-state index in [1.165, 1.54) is 19.2 Å². The smallest absolute Gasteiger partial charge is 0.248 e.